The number of hydrogen-bond donors (Lipinski definition) is 1. The summed E-state index contributed by atoms with van der Waals surface area (Å²) in [4.78, 5) is 8.53. The van der Waals surface area contributed by atoms with Gasteiger partial charge in [-0.15, -0.1) is 0 Å². The summed E-state index contributed by atoms with van der Waals surface area (Å²) in [5.41, 5.74) is 8.21. The van der Waals surface area contributed by atoms with E-state index >= 15 is 0 Å². The van der Waals surface area contributed by atoms with Crippen LogP contribution in [0.4, 0.5) is 5.69 Å². The molecule has 2 rings (SSSR count). The topological polar surface area (TPSA) is 61.0 Å². The third-order valence-corrected chi connectivity index (χ3v) is 2.38. The molecule has 0 aliphatic rings. The normalized spacial score (nSPS) is 10.2. The van der Waals surface area contributed by atoms with Gasteiger partial charge in [-0.3, -0.25) is 4.98 Å². The first-order valence-electron chi connectivity index (χ1n) is 5.55. The molecule has 0 saturated heterocycles. The fourth-order valence-electron chi connectivity index (χ4n) is 1.54. The maximum atomic E-state index is 5.68. The van der Waals surface area contributed by atoms with E-state index in [1.807, 2.05) is 26.0 Å². The molecule has 88 valence electrons. The molecule has 0 aliphatic carbocycles. The van der Waals surface area contributed by atoms with Gasteiger partial charge in [0.1, 0.15) is 0 Å². The fraction of sp³-hybridized carbons (Fsp3) is 0.231. The van der Waals surface area contributed by atoms with Crippen molar-refractivity contribution in [3.63, 3.8) is 0 Å². The monoisotopic (exact) mass is 229 g/mol. The van der Waals surface area contributed by atoms with Gasteiger partial charge in [0.15, 0.2) is 5.75 Å². The molecule has 4 nitrogen and oxygen atoms in total. The van der Waals surface area contributed by atoms with Gasteiger partial charge >= 0.3 is 0 Å². The lowest BCUT2D eigenvalue weighted by Gasteiger charge is -2.09. The molecular formula is C13H15N3O. The summed E-state index contributed by atoms with van der Waals surface area (Å²) >= 11 is 0. The Balaban J connectivity index is 2.29. The van der Waals surface area contributed by atoms with Crippen LogP contribution in [0.5, 0.6) is 11.6 Å². The highest BCUT2D eigenvalue weighted by molar-refractivity contribution is 5.41. The van der Waals surface area contributed by atoms with Gasteiger partial charge in [-0.05, 0) is 31.5 Å². The molecule has 4 heteroatoms. The summed E-state index contributed by atoms with van der Waals surface area (Å²) in [5.74, 6) is 1.22. The van der Waals surface area contributed by atoms with E-state index in [0.717, 1.165) is 23.6 Å². The third-order valence-electron chi connectivity index (χ3n) is 2.38. The van der Waals surface area contributed by atoms with Crippen LogP contribution in [0.25, 0.3) is 0 Å². The summed E-state index contributed by atoms with van der Waals surface area (Å²) in [7, 11) is 0. The summed E-state index contributed by atoms with van der Waals surface area (Å²) in [6, 6.07) is 7.24. The van der Waals surface area contributed by atoms with E-state index in [4.69, 9.17) is 10.5 Å². The van der Waals surface area contributed by atoms with Crippen LogP contribution in [0.15, 0.2) is 30.5 Å². The average molecular weight is 229 g/mol. The molecule has 0 fully saturated rings. The van der Waals surface area contributed by atoms with Crippen LogP contribution in [-0.2, 0) is 6.42 Å². The number of rotatable bonds is 3. The summed E-state index contributed by atoms with van der Waals surface area (Å²) < 4.78 is 5.68. The Hall–Kier alpha value is -2.10. The van der Waals surface area contributed by atoms with Gasteiger partial charge in [-0.2, -0.15) is 0 Å². The smallest absolute Gasteiger partial charge is 0.221 e. The second-order valence-corrected chi connectivity index (χ2v) is 3.78. The number of aryl methyl sites for hydroxylation is 2. The van der Waals surface area contributed by atoms with Gasteiger partial charge in [0.2, 0.25) is 5.88 Å². The Morgan fingerprint density at radius 1 is 1.29 bits per heavy atom. The standard InChI is InChI=1S/C13H15N3O/c1-3-11-12(5-4-9(2)16-11)17-13-8-10(14)6-7-15-13/h4-8H,3H2,1-2H3,(H2,14,15). The average Bonchev–Trinajstić information content (AvgIpc) is 2.31. The lowest BCUT2D eigenvalue weighted by Crippen LogP contribution is -1.97. The molecule has 2 heterocycles. The number of nitrogens with two attached hydrogens (primary N) is 1. The van der Waals surface area contributed by atoms with E-state index in [9.17, 15) is 0 Å². The minimum atomic E-state index is 0.491. The predicted octanol–water partition coefficient (Wildman–Crippen LogP) is 2.72. The molecule has 2 N–H and O–H groups in total. The van der Waals surface area contributed by atoms with Crippen molar-refractivity contribution in [2.24, 2.45) is 0 Å². The Morgan fingerprint density at radius 3 is 2.82 bits per heavy atom. The van der Waals surface area contributed by atoms with Crippen LogP contribution in [0.3, 0.4) is 0 Å². The van der Waals surface area contributed by atoms with Crippen molar-refractivity contribution in [2.75, 3.05) is 5.73 Å². The molecule has 0 unspecified atom stereocenters. The molecule has 0 aromatic carbocycles. The highest BCUT2D eigenvalue weighted by Gasteiger charge is 2.06. The largest absolute Gasteiger partial charge is 0.437 e. The molecule has 0 radical (unpaired) electrons. The van der Waals surface area contributed by atoms with Crippen molar-refractivity contribution < 1.29 is 4.74 Å². The Morgan fingerprint density at radius 2 is 2.12 bits per heavy atom. The number of aromatic nitrogens is 2. The summed E-state index contributed by atoms with van der Waals surface area (Å²) in [6.07, 6.45) is 2.44. The highest BCUT2D eigenvalue weighted by atomic mass is 16.5. The van der Waals surface area contributed by atoms with Crippen LogP contribution < -0.4 is 10.5 Å². The maximum absolute atomic E-state index is 5.68. The Labute approximate surface area is 100 Å². The third kappa shape index (κ3) is 2.72. The molecular weight excluding hydrogens is 214 g/mol. The van der Waals surface area contributed by atoms with E-state index in [2.05, 4.69) is 9.97 Å². The number of pyridine rings is 2. The first kappa shape index (κ1) is 11.4. The molecule has 0 bridgehead atoms. The van der Waals surface area contributed by atoms with Crippen LogP contribution in [0.2, 0.25) is 0 Å². The second kappa shape index (κ2) is 4.82. The van der Waals surface area contributed by atoms with Crippen molar-refractivity contribution in [2.45, 2.75) is 20.3 Å². The van der Waals surface area contributed by atoms with Crippen LogP contribution in [0.1, 0.15) is 18.3 Å². The zero-order chi connectivity index (χ0) is 12.3. The number of nitrogens with zero attached hydrogens (tertiary/aromatic N) is 2. The number of ether oxygens (including phenoxy) is 1. The molecule has 17 heavy (non-hydrogen) atoms. The minimum Gasteiger partial charge on any atom is -0.437 e. The van der Waals surface area contributed by atoms with Crippen molar-refractivity contribution >= 4 is 5.69 Å². The second-order valence-electron chi connectivity index (χ2n) is 3.78. The Kier molecular flexibility index (Phi) is 3.23. The van der Waals surface area contributed by atoms with Crippen molar-refractivity contribution in [1.29, 1.82) is 0 Å². The lowest BCUT2D eigenvalue weighted by molar-refractivity contribution is 0.454. The molecule has 0 aliphatic heterocycles. The first-order valence-corrected chi connectivity index (χ1v) is 5.55. The van der Waals surface area contributed by atoms with Gasteiger partial charge in [-0.25, -0.2) is 4.98 Å². The quantitative estimate of drug-likeness (QED) is 0.879. The van der Waals surface area contributed by atoms with Crippen LogP contribution in [-0.4, -0.2) is 9.97 Å². The van der Waals surface area contributed by atoms with Gasteiger partial charge in [0, 0.05) is 23.6 Å². The number of nitrogen functional groups attached to an aromatic ring is 1. The van der Waals surface area contributed by atoms with E-state index < -0.39 is 0 Å². The van der Waals surface area contributed by atoms with Crippen molar-refractivity contribution in [3.05, 3.63) is 41.9 Å². The van der Waals surface area contributed by atoms with Gasteiger partial charge in [-0.1, -0.05) is 6.92 Å². The molecule has 0 amide bonds. The van der Waals surface area contributed by atoms with Crippen molar-refractivity contribution in [1.82, 2.24) is 9.97 Å². The predicted molar refractivity (Wildman–Crippen MR) is 67.1 cm³/mol. The van der Waals surface area contributed by atoms with Crippen LogP contribution >= 0.6 is 0 Å². The fourth-order valence-corrected chi connectivity index (χ4v) is 1.54. The summed E-state index contributed by atoms with van der Waals surface area (Å²) in [6.45, 7) is 4.00. The zero-order valence-electron chi connectivity index (χ0n) is 9.97. The molecule has 0 saturated carbocycles. The van der Waals surface area contributed by atoms with Gasteiger partial charge in [0.25, 0.3) is 0 Å². The van der Waals surface area contributed by atoms with Crippen molar-refractivity contribution in [3.8, 4) is 11.6 Å². The van der Waals surface area contributed by atoms with E-state index in [1.54, 1.807) is 18.3 Å². The Bertz CT molecular complexity index is 526. The summed E-state index contributed by atoms with van der Waals surface area (Å²) in [5, 5.41) is 0. The van der Waals surface area contributed by atoms with E-state index in [-0.39, 0.29) is 0 Å². The zero-order valence-corrected chi connectivity index (χ0v) is 9.97. The number of anilines is 1. The highest BCUT2D eigenvalue weighted by Crippen LogP contribution is 2.24. The van der Waals surface area contributed by atoms with E-state index in [1.165, 1.54) is 0 Å². The number of hydrogen-bond acceptors (Lipinski definition) is 4. The molecule has 2 aromatic rings. The molecule has 2 aromatic heterocycles. The van der Waals surface area contributed by atoms with Crippen LogP contribution in [0, 0.1) is 6.92 Å². The minimum absolute atomic E-state index is 0.491. The van der Waals surface area contributed by atoms with Gasteiger partial charge < -0.3 is 10.5 Å². The maximum Gasteiger partial charge on any atom is 0.221 e. The van der Waals surface area contributed by atoms with E-state index in [0.29, 0.717) is 11.6 Å². The molecule has 0 spiro atoms. The molecule has 0 atom stereocenters. The van der Waals surface area contributed by atoms with Gasteiger partial charge in [0.05, 0.1) is 5.69 Å². The lowest BCUT2D eigenvalue weighted by atomic mass is 10.2. The first-order chi connectivity index (χ1) is 8.19. The SMILES string of the molecule is CCc1nc(C)ccc1Oc1cc(N)ccn1.